The third kappa shape index (κ3) is 4.37. The van der Waals surface area contributed by atoms with Crippen LogP contribution < -0.4 is 4.74 Å². The van der Waals surface area contributed by atoms with Gasteiger partial charge in [0.1, 0.15) is 5.75 Å². The molecule has 0 unspecified atom stereocenters. The second-order valence-electron chi connectivity index (χ2n) is 8.20. The zero-order valence-electron chi connectivity index (χ0n) is 18.7. The van der Waals surface area contributed by atoms with E-state index in [1.807, 2.05) is 79.4 Å². The van der Waals surface area contributed by atoms with Crippen molar-refractivity contribution in [1.82, 2.24) is 15.1 Å². The minimum absolute atomic E-state index is 0.0139. The first-order chi connectivity index (χ1) is 16.1. The number of carbonyl (C=O) groups excluding carboxylic acids is 1. The van der Waals surface area contributed by atoms with E-state index in [1.54, 1.807) is 0 Å². The molecular formula is C27H25N3O3. The molecule has 4 aromatic rings. The zero-order chi connectivity index (χ0) is 22.8. The van der Waals surface area contributed by atoms with Gasteiger partial charge in [-0.25, -0.2) is 0 Å². The van der Waals surface area contributed by atoms with Crippen molar-refractivity contribution in [2.24, 2.45) is 0 Å². The Balaban J connectivity index is 1.31. The quantitative estimate of drug-likeness (QED) is 0.422. The lowest BCUT2D eigenvalue weighted by molar-refractivity contribution is 0.0734. The number of aromatic nitrogens is 2. The van der Waals surface area contributed by atoms with Crippen LogP contribution in [-0.2, 0) is 13.0 Å². The molecule has 1 aliphatic heterocycles. The summed E-state index contributed by atoms with van der Waals surface area (Å²) in [5, 5.41) is 8.36. The van der Waals surface area contributed by atoms with E-state index in [9.17, 15) is 4.79 Å². The van der Waals surface area contributed by atoms with Gasteiger partial charge in [0.05, 0.1) is 6.61 Å². The van der Waals surface area contributed by atoms with E-state index in [4.69, 9.17) is 9.15 Å². The molecule has 1 aliphatic rings. The predicted molar refractivity (Wildman–Crippen MR) is 126 cm³/mol. The van der Waals surface area contributed by atoms with Gasteiger partial charge in [0.15, 0.2) is 0 Å². The first-order valence-corrected chi connectivity index (χ1v) is 11.2. The highest BCUT2D eigenvalue weighted by molar-refractivity contribution is 5.94. The third-order valence-electron chi connectivity index (χ3n) is 5.86. The number of ether oxygens (including phenoxy) is 1. The molecule has 0 bridgehead atoms. The first kappa shape index (κ1) is 20.9. The van der Waals surface area contributed by atoms with Gasteiger partial charge in [-0.2, -0.15) is 0 Å². The Morgan fingerprint density at radius 1 is 0.970 bits per heavy atom. The molecule has 0 spiro atoms. The third-order valence-corrected chi connectivity index (χ3v) is 5.86. The van der Waals surface area contributed by atoms with Crippen LogP contribution in [-0.4, -0.2) is 34.2 Å². The van der Waals surface area contributed by atoms with Gasteiger partial charge < -0.3 is 14.1 Å². The lowest BCUT2D eigenvalue weighted by Crippen LogP contribution is -2.35. The van der Waals surface area contributed by atoms with Gasteiger partial charge in [-0.05, 0) is 79.9 Å². The maximum Gasteiger partial charge on any atom is 0.254 e. The maximum absolute atomic E-state index is 13.1. The van der Waals surface area contributed by atoms with Crippen molar-refractivity contribution >= 4 is 5.91 Å². The van der Waals surface area contributed by atoms with E-state index in [0.29, 0.717) is 37.0 Å². The number of aryl methyl sites for hydroxylation is 1. The number of hydrogen-bond donors (Lipinski definition) is 0. The van der Waals surface area contributed by atoms with Crippen LogP contribution in [0.5, 0.6) is 5.75 Å². The molecule has 2 heterocycles. The summed E-state index contributed by atoms with van der Waals surface area (Å²) >= 11 is 0. The second-order valence-corrected chi connectivity index (χ2v) is 8.20. The van der Waals surface area contributed by atoms with Crippen molar-refractivity contribution in [3.05, 3.63) is 89.0 Å². The van der Waals surface area contributed by atoms with E-state index >= 15 is 0 Å². The average molecular weight is 440 g/mol. The molecule has 33 heavy (non-hydrogen) atoms. The molecule has 166 valence electrons. The van der Waals surface area contributed by atoms with Crippen molar-refractivity contribution in [2.75, 3.05) is 13.2 Å². The molecule has 0 fully saturated rings. The van der Waals surface area contributed by atoms with Crippen LogP contribution in [0.25, 0.3) is 22.9 Å². The molecule has 0 saturated carbocycles. The molecule has 1 aromatic heterocycles. The minimum Gasteiger partial charge on any atom is -0.494 e. The number of nitrogens with zero attached hydrogens (tertiary/aromatic N) is 3. The summed E-state index contributed by atoms with van der Waals surface area (Å²) in [7, 11) is 0. The molecule has 3 aromatic carbocycles. The highest BCUT2D eigenvalue weighted by Gasteiger charge is 2.22. The Hall–Kier alpha value is -3.93. The number of benzene rings is 3. The Labute approximate surface area is 192 Å². The van der Waals surface area contributed by atoms with Gasteiger partial charge >= 0.3 is 0 Å². The normalized spacial score (nSPS) is 13.0. The topological polar surface area (TPSA) is 68.5 Å². The van der Waals surface area contributed by atoms with E-state index < -0.39 is 0 Å². The summed E-state index contributed by atoms with van der Waals surface area (Å²) in [5.41, 5.74) is 5.86. The van der Waals surface area contributed by atoms with Gasteiger partial charge in [0.25, 0.3) is 5.91 Å². The lowest BCUT2D eigenvalue weighted by atomic mass is 9.98. The van der Waals surface area contributed by atoms with Crippen molar-refractivity contribution < 1.29 is 13.9 Å². The van der Waals surface area contributed by atoms with Crippen molar-refractivity contribution in [3.8, 4) is 28.7 Å². The summed E-state index contributed by atoms with van der Waals surface area (Å²) < 4.78 is 11.5. The van der Waals surface area contributed by atoms with Crippen LogP contribution in [0.15, 0.2) is 71.1 Å². The molecule has 5 rings (SSSR count). The second kappa shape index (κ2) is 8.90. The highest BCUT2D eigenvalue weighted by atomic mass is 16.5. The number of hydrogen-bond acceptors (Lipinski definition) is 5. The van der Waals surface area contributed by atoms with Gasteiger partial charge in [-0.15, -0.1) is 10.2 Å². The highest BCUT2D eigenvalue weighted by Crippen LogP contribution is 2.27. The van der Waals surface area contributed by atoms with E-state index in [0.717, 1.165) is 34.4 Å². The lowest BCUT2D eigenvalue weighted by Gasteiger charge is -2.29. The standard InChI is InChI=1S/C27H25N3O3/c1-3-32-24-12-11-19-13-14-30(17-23(19)16-24)27(31)21-9-7-20(8-10-21)25-28-29-26(33-25)22-6-4-5-18(2)15-22/h4-12,15-16H,3,13-14,17H2,1-2H3. The summed E-state index contributed by atoms with van der Waals surface area (Å²) in [6.45, 7) is 5.90. The van der Waals surface area contributed by atoms with E-state index in [2.05, 4.69) is 16.3 Å². The zero-order valence-corrected chi connectivity index (χ0v) is 18.7. The van der Waals surface area contributed by atoms with Crippen molar-refractivity contribution in [1.29, 1.82) is 0 Å². The maximum atomic E-state index is 13.1. The Kier molecular flexibility index (Phi) is 5.65. The van der Waals surface area contributed by atoms with Crippen LogP contribution in [0.2, 0.25) is 0 Å². The van der Waals surface area contributed by atoms with Crippen molar-refractivity contribution in [3.63, 3.8) is 0 Å². The van der Waals surface area contributed by atoms with Crippen LogP contribution in [0.1, 0.15) is 34.0 Å². The van der Waals surface area contributed by atoms with Crippen LogP contribution in [0, 0.1) is 6.92 Å². The molecule has 6 heteroatoms. The SMILES string of the molecule is CCOc1ccc2c(c1)CN(C(=O)c1ccc(-c3nnc(-c4cccc(C)c4)o3)cc1)CC2. The van der Waals surface area contributed by atoms with Crippen molar-refractivity contribution in [2.45, 2.75) is 26.8 Å². The first-order valence-electron chi connectivity index (χ1n) is 11.2. The van der Waals surface area contributed by atoms with E-state index in [1.165, 1.54) is 5.56 Å². The smallest absolute Gasteiger partial charge is 0.254 e. The summed E-state index contributed by atoms with van der Waals surface area (Å²) in [6.07, 6.45) is 0.843. The molecule has 1 amide bonds. The Bertz CT molecular complexity index is 1290. The summed E-state index contributed by atoms with van der Waals surface area (Å²) in [4.78, 5) is 15.0. The van der Waals surface area contributed by atoms with E-state index in [-0.39, 0.29) is 5.91 Å². The number of rotatable bonds is 5. The number of fused-ring (bicyclic) bond motifs is 1. The van der Waals surface area contributed by atoms with Gasteiger partial charge in [0, 0.05) is 29.8 Å². The largest absolute Gasteiger partial charge is 0.494 e. The fourth-order valence-electron chi connectivity index (χ4n) is 4.14. The van der Waals surface area contributed by atoms with Crippen LogP contribution in [0.3, 0.4) is 0 Å². The minimum atomic E-state index is 0.0139. The summed E-state index contributed by atoms with van der Waals surface area (Å²) in [5.74, 6) is 1.77. The molecule has 6 nitrogen and oxygen atoms in total. The van der Waals surface area contributed by atoms with Gasteiger partial charge in [0.2, 0.25) is 11.8 Å². The number of amides is 1. The molecule has 0 atom stereocenters. The van der Waals surface area contributed by atoms with Gasteiger partial charge in [-0.3, -0.25) is 4.79 Å². The molecule has 0 aliphatic carbocycles. The fourth-order valence-corrected chi connectivity index (χ4v) is 4.14. The fraction of sp³-hybridized carbons (Fsp3) is 0.222. The molecule has 0 radical (unpaired) electrons. The van der Waals surface area contributed by atoms with Gasteiger partial charge in [-0.1, -0.05) is 23.8 Å². The van der Waals surface area contributed by atoms with Crippen LogP contribution in [0.4, 0.5) is 0 Å². The number of carbonyl (C=O) groups is 1. The predicted octanol–water partition coefficient (Wildman–Crippen LogP) is 5.31. The monoisotopic (exact) mass is 439 g/mol. The Morgan fingerprint density at radius 3 is 2.52 bits per heavy atom. The van der Waals surface area contributed by atoms with Crippen LogP contribution >= 0.6 is 0 Å². The molecule has 0 saturated heterocycles. The summed E-state index contributed by atoms with van der Waals surface area (Å²) in [6, 6.07) is 21.4. The molecule has 0 N–H and O–H groups in total. The average Bonchev–Trinajstić information content (AvgIpc) is 3.34. The Morgan fingerprint density at radius 2 is 1.76 bits per heavy atom. The molecular weight excluding hydrogens is 414 g/mol.